The highest BCUT2D eigenvalue weighted by Crippen LogP contribution is 2.27. The number of aromatic nitrogens is 1. The minimum absolute atomic E-state index is 0.0251. The number of nitrogens with zero attached hydrogens (tertiary/aromatic N) is 3. The van der Waals surface area contributed by atoms with E-state index in [1.807, 2.05) is 16.7 Å². The second-order valence-electron chi connectivity index (χ2n) is 5.94. The van der Waals surface area contributed by atoms with Crippen molar-refractivity contribution in [3.05, 3.63) is 41.7 Å². The van der Waals surface area contributed by atoms with Crippen LogP contribution in [0.4, 0.5) is 0 Å². The molecule has 0 spiro atoms. The van der Waals surface area contributed by atoms with E-state index in [4.69, 9.17) is 5.26 Å². The number of nitrogens with one attached hydrogen (secondary N) is 1. The van der Waals surface area contributed by atoms with E-state index >= 15 is 0 Å². The fourth-order valence-corrected chi connectivity index (χ4v) is 3.54. The Balaban J connectivity index is 1.55. The van der Waals surface area contributed by atoms with Crippen LogP contribution in [0.5, 0.6) is 0 Å². The van der Waals surface area contributed by atoms with E-state index in [1.165, 1.54) is 13.0 Å². The standard InChI is InChI=1S/C16H16N4O/c17-7-11-4-6-20-9-13(1-2-15(11)20)16(21)18-14-10-19-5-3-12(14)8-19/h1-2,4,6,9,12,14H,3,5,8,10H2,(H,18,21). The van der Waals surface area contributed by atoms with E-state index in [-0.39, 0.29) is 11.9 Å². The quantitative estimate of drug-likeness (QED) is 0.900. The SMILES string of the molecule is N#Cc1ccn2cc(C(=O)NC3CN4CCC3C4)ccc12. The number of fused-ring (bicyclic) bond motifs is 3. The molecule has 1 N–H and O–H groups in total. The summed E-state index contributed by atoms with van der Waals surface area (Å²) in [5, 5.41) is 12.2. The molecule has 0 aromatic carbocycles. The van der Waals surface area contributed by atoms with E-state index in [0.29, 0.717) is 17.0 Å². The highest BCUT2D eigenvalue weighted by atomic mass is 16.1. The van der Waals surface area contributed by atoms with Crippen LogP contribution in [0.2, 0.25) is 0 Å². The van der Waals surface area contributed by atoms with Crippen molar-refractivity contribution < 1.29 is 4.79 Å². The van der Waals surface area contributed by atoms with Crippen LogP contribution < -0.4 is 5.32 Å². The zero-order valence-electron chi connectivity index (χ0n) is 11.6. The molecule has 2 aromatic rings. The fraction of sp³-hybridized carbons (Fsp3) is 0.375. The molecule has 0 radical (unpaired) electrons. The largest absolute Gasteiger partial charge is 0.348 e. The van der Waals surface area contributed by atoms with Crippen molar-refractivity contribution in [3.8, 4) is 6.07 Å². The van der Waals surface area contributed by atoms with Crippen LogP contribution >= 0.6 is 0 Å². The Kier molecular flexibility index (Phi) is 2.72. The number of carbonyl (C=O) groups excluding carboxylic acids is 1. The summed E-state index contributed by atoms with van der Waals surface area (Å²) in [5.41, 5.74) is 2.10. The molecule has 0 saturated carbocycles. The summed E-state index contributed by atoms with van der Waals surface area (Å²) in [5.74, 6) is 0.581. The maximum absolute atomic E-state index is 12.4. The molecule has 5 heteroatoms. The molecule has 0 aliphatic carbocycles. The lowest BCUT2D eigenvalue weighted by Crippen LogP contribution is -2.43. The normalized spacial score (nSPS) is 26.9. The Morgan fingerprint density at radius 1 is 1.33 bits per heavy atom. The molecule has 21 heavy (non-hydrogen) atoms. The van der Waals surface area contributed by atoms with Gasteiger partial charge in [-0.15, -0.1) is 0 Å². The highest BCUT2D eigenvalue weighted by molar-refractivity contribution is 5.94. The second kappa shape index (κ2) is 4.61. The molecule has 5 nitrogen and oxygen atoms in total. The zero-order chi connectivity index (χ0) is 14.4. The Morgan fingerprint density at radius 3 is 2.95 bits per heavy atom. The summed E-state index contributed by atoms with van der Waals surface area (Å²) in [6.45, 7) is 3.26. The Labute approximate surface area is 122 Å². The van der Waals surface area contributed by atoms with Crippen molar-refractivity contribution in [1.82, 2.24) is 14.6 Å². The molecule has 106 valence electrons. The van der Waals surface area contributed by atoms with Gasteiger partial charge in [0.2, 0.25) is 0 Å². The summed E-state index contributed by atoms with van der Waals surface area (Å²) >= 11 is 0. The van der Waals surface area contributed by atoms with E-state index < -0.39 is 0 Å². The van der Waals surface area contributed by atoms with Gasteiger partial charge in [0, 0.05) is 31.5 Å². The molecule has 2 fully saturated rings. The van der Waals surface area contributed by atoms with Crippen LogP contribution in [0.15, 0.2) is 30.6 Å². The van der Waals surface area contributed by atoms with Gasteiger partial charge < -0.3 is 14.6 Å². The number of carbonyl (C=O) groups is 1. The van der Waals surface area contributed by atoms with E-state index in [0.717, 1.165) is 18.6 Å². The Hall–Kier alpha value is -2.32. The average Bonchev–Trinajstić information content (AvgIpc) is 3.21. The van der Waals surface area contributed by atoms with Crippen LogP contribution in [0.1, 0.15) is 22.3 Å². The van der Waals surface area contributed by atoms with Gasteiger partial charge in [0.25, 0.3) is 5.91 Å². The third-order valence-corrected chi connectivity index (χ3v) is 4.69. The first-order valence-electron chi connectivity index (χ1n) is 7.28. The third kappa shape index (κ3) is 1.99. The van der Waals surface area contributed by atoms with E-state index in [1.54, 1.807) is 18.3 Å². The van der Waals surface area contributed by atoms with Crippen molar-refractivity contribution in [3.63, 3.8) is 0 Å². The number of hydrogen-bond acceptors (Lipinski definition) is 3. The molecule has 4 heterocycles. The summed E-state index contributed by atoms with van der Waals surface area (Å²) in [7, 11) is 0. The van der Waals surface area contributed by atoms with Crippen molar-refractivity contribution in [2.24, 2.45) is 5.92 Å². The van der Waals surface area contributed by atoms with E-state index in [2.05, 4.69) is 16.3 Å². The Bertz CT molecular complexity index is 757. The molecule has 2 bridgehead atoms. The molecule has 2 aliphatic heterocycles. The fourth-order valence-electron chi connectivity index (χ4n) is 3.54. The molecular weight excluding hydrogens is 264 g/mol. The first kappa shape index (κ1) is 12.4. The molecule has 2 saturated heterocycles. The van der Waals surface area contributed by atoms with Crippen LogP contribution in [-0.2, 0) is 0 Å². The van der Waals surface area contributed by atoms with Gasteiger partial charge in [-0.05, 0) is 37.1 Å². The summed E-state index contributed by atoms with van der Waals surface area (Å²) in [6.07, 6.45) is 4.79. The van der Waals surface area contributed by atoms with Crippen LogP contribution in [0, 0.1) is 17.2 Å². The molecule has 2 aromatic heterocycles. The second-order valence-corrected chi connectivity index (χ2v) is 5.94. The highest BCUT2D eigenvalue weighted by Gasteiger charge is 2.38. The molecule has 2 aliphatic rings. The van der Waals surface area contributed by atoms with Gasteiger partial charge in [-0.25, -0.2) is 0 Å². The van der Waals surface area contributed by atoms with Crippen LogP contribution in [0.25, 0.3) is 5.52 Å². The third-order valence-electron chi connectivity index (χ3n) is 4.69. The number of piperidine rings is 1. The van der Waals surface area contributed by atoms with Crippen molar-refractivity contribution >= 4 is 11.4 Å². The Morgan fingerprint density at radius 2 is 2.24 bits per heavy atom. The number of pyridine rings is 1. The lowest BCUT2D eigenvalue weighted by atomic mass is 10.00. The van der Waals surface area contributed by atoms with E-state index in [9.17, 15) is 4.79 Å². The summed E-state index contributed by atoms with van der Waals surface area (Å²) < 4.78 is 1.83. The zero-order valence-corrected chi connectivity index (χ0v) is 11.6. The van der Waals surface area contributed by atoms with Gasteiger partial charge >= 0.3 is 0 Å². The van der Waals surface area contributed by atoms with Gasteiger partial charge in [0.1, 0.15) is 6.07 Å². The average molecular weight is 280 g/mol. The molecule has 3 unspecified atom stereocenters. The lowest BCUT2D eigenvalue weighted by Gasteiger charge is -2.23. The van der Waals surface area contributed by atoms with Crippen molar-refractivity contribution in [2.75, 3.05) is 19.6 Å². The number of rotatable bonds is 2. The monoisotopic (exact) mass is 280 g/mol. The topological polar surface area (TPSA) is 60.5 Å². The number of amides is 1. The van der Waals surface area contributed by atoms with Gasteiger partial charge in [0.05, 0.1) is 16.6 Å². The predicted octanol–water partition coefficient (Wildman–Crippen LogP) is 1.24. The maximum Gasteiger partial charge on any atom is 0.253 e. The summed E-state index contributed by atoms with van der Waals surface area (Å²) in [6, 6.07) is 7.81. The number of hydrogen-bond donors (Lipinski definition) is 1. The van der Waals surface area contributed by atoms with Crippen LogP contribution in [-0.4, -0.2) is 40.9 Å². The van der Waals surface area contributed by atoms with Crippen molar-refractivity contribution in [1.29, 1.82) is 5.26 Å². The van der Waals surface area contributed by atoms with Gasteiger partial charge in [-0.3, -0.25) is 4.79 Å². The number of nitriles is 1. The smallest absolute Gasteiger partial charge is 0.253 e. The van der Waals surface area contributed by atoms with Gasteiger partial charge in [-0.2, -0.15) is 5.26 Å². The van der Waals surface area contributed by atoms with Crippen molar-refractivity contribution in [2.45, 2.75) is 12.5 Å². The van der Waals surface area contributed by atoms with Gasteiger partial charge in [-0.1, -0.05) is 0 Å². The molecular formula is C16H16N4O. The maximum atomic E-state index is 12.4. The summed E-state index contributed by atoms with van der Waals surface area (Å²) in [4.78, 5) is 14.8. The minimum Gasteiger partial charge on any atom is -0.348 e. The molecule has 4 rings (SSSR count). The van der Waals surface area contributed by atoms with Gasteiger partial charge in [0.15, 0.2) is 0 Å². The minimum atomic E-state index is -0.0251. The first-order chi connectivity index (χ1) is 10.2. The van der Waals surface area contributed by atoms with Crippen LogP contribution in [0.3, 0.4) is 0 Å². The molecule has 1 amide bonds. The lowest BCUT2D eigenvalue weighted by molar-refractivity contribution is 0.0924. The molecule has 3 atom stereocenters. The predicted molar refractivity (Wildman–Crippen MR) is 77.9 cm³/mol. The first-order valence-corrected chi connectivity index (χ1v) is 7.28.